The number of nitrogens with one attached hydrogen (secondary N) is 2. The molecule has 0 saturated carbocycles. The lowest BCUT2D eigenvalue weighted by Gasteiger charge is -2.33. The van der Waals surface area contributed by atoms with Gasteiger partial charge in [0.25, 0.3) is 5.91 Å². The zero-order valence-corrected chi connectivity index (χ0v) is 15.1. The number of aromatic nitrogens is 2. The Hall–Kier alpha value is -3.06. The first-order valence-corrected chi connectivity index (χ1v) is 9.01. The Morgan fingerprint density at radius 3 is 2.70 bits per heavy atom. The Labute approximate surface area is 157 Å². The summed E-state index contributed by atoms with van der Waals surface area (Å²) in [5, 5.41) is 9.74. The number of anilines is 2. The third-order valence-corrected chi connectivity index (χ3v) is 4.86. The van der Waals surface area contributed by atoms with Crippen LogP contribution in [0.1, 0.15) is 23.3 Å². The smallest absolute Gasteiger partial charge is 0.276 e. The molecule has 1 saturated heterocycles. The Kier molecular flexibility index (Phi) is 4.93. The van der Waals surface area contributed by atoms with Gasteiger partial charge in [0.05, 0.1) is 12.4 Å². The Morgan fingerprint density at radius 1 is 1.26 bits per heavy atom. The summed E-state index contributed by atoms with van der Waals surface area (Å²) in [6.07, 6.45) is 4.01. The largest absolute Gasteiger partial charge is 0.463 e. The SMILES string of the molecule is COC1CCN(c2ccc(NC(=O)c3cc(-c4ccco4)[nH]n3)cc2)CC1. The number of methoxy groups -OCH3 is 1. The van der Waals surface area contributed by atoms with Crippen molar-refractivity contribution in [3.05, 3.63) is 54.4 Å². The zero-order chi connectivity index (χ0) is 18.6. The van der Waals surface area contributed by atoms with Crippen molar-refractivity contribution < 1.29 is 13.9 Å². The minimum Gasteiger partial charge on any atom is -0.463 e. The van der Waals surface area contributed by atoms with Gasteiger partial charge < -0.3 is 19.4 Å². The Balaban J connectivity index is 1.38. The van der Waals surface area contributed by atoms with Crippen LogP contribution in [0.4, 0.5) is 11.4 Å². The molecule has 0 radical (unpaired) electrons. The molecule has 1 aliphatic rings. The molecule has 2 N–H and O–H groups in total. The number of carbonyl (C=O) groups is 1. The van der Waals surface area contributed by atoms with Crippen molar-refractivity contribution in [2.45, 2.75) is 18.9 Å². The van der Waals surface area contributed by atoms with Crippen LogP contribution in [-0.4, -0.2) is 42.4 Å². The average molecular weight is 366 g/mol. The lowest BCUT2D eigenvalue weighted by Crippen LogP contribution is -2.36. The summed E-state index contributed by atoms with van der Waals surface area (Å²) >= 11 is 0. The molecule has 0 unspecified atom stereocenters. The summed E-state index contributed by atoms with van der Waals surface area (Å²) < 4.78 is 10.7. The molecule has 3 heterocycles. The lowest BCUT2D eigenvalue weighted by atomic mass is 10.1. The molecule has 7 nitrogen and oxygen atoms in total. The molecule has 1 fully saturated rings. The topological polar surface area (TPSA) is 83.4 Å². The summed E-state index contributed by atoms with van der Waals surface area (Å²) in [5.74, 6) is 0.376. The van der Waals surface area contributed by atoms with E-state index in [4.69, 9.17) is 9.15 Å². The molecule has 7 heteroatoms. The van der Waals surface area contributed by atoms with Crippen molar-refractivity contribution in [2.24, 2.45) is 0 Å². The van der Waals surface area contributed by atoms with Crippen molar-refractivity contribution in [1.82, 2.24) is 10.2 Å². The van der Waals surface area contributed by atoms with Gasteiger partial charge >= 0.3 is 0 Å². The number of aromatic amines is 1. The maximum atomic E-state index is 12.4. The maximum absolute atomic E-state index is 12.4. The van der Waals surface area contributed by atoms with Crippen molar-refractivity contribution >= 4 is 17.3 Å². The molecule has 4 rings (SSSR count). The van der Waals surface area contributed by atoms with E-state index in [0.717, 1.165) is 37.3 Å². The number of furan rings is 1. The highest BCUT2D eigenvalue weighted by atomic mass is 16.5. The van der Waals surface area contributed by atoms with E-state index in [1.54, 1.807) is 25.5 Å². The number of carbonyl (C=O) groups excluding carboxylic acids is 1. The monoisotopic (exact) mass is 366 g/mol. The second-order valence-electron chi connectivity index (χ2n) is 6.57. The number of rotatable bonds is 5. The van der Waals surface area contributed by atoms with Crippen molar-refractivity contribution in [2.75, 3.05) is 30.4 Å². The summed E-state index contributed by atoms with van der Waals surface area (Å²) in [6, 6.07) is 13.1. The van der Waals surface area contributed by atoms with E-state index in [2.05, 4.69) is 20.4 Å². The van der Waals surface area contributed by atoms with Gasteiger partial charge in [-0.15, -0.1) is 0 Å². The highest BCUT2D eigenvalue weighted by molar-refractivity contribution is 6.03. The molecular formula is C20H22N4O3. The molecule has 2 aromatic heterocycles. The number of ether oxygens (including phenoxy) is 1. The van der Waals surface area contributed by atoms with Gasteiger partial charge in [-0.2, -0.15) is 5.10 Å². The number of amides is 1. The van der Waals surface area contributed by atoms with E-state index < -0.39 is 0 Å². The van der Waals surface area contributed by atoms with Crippen molar-refractivity contribution in [3.8, 4) is 11.5 Å². The van der Waals surface area contributed by atoms with Crippen LogP contribution in [0.5, 0.6) is 0 Å². The molecule has 0 spiro atoms. The van der Waals surface area contributed by atoms with E-state index in [0.29, 0.717) is 23.3 Å². The predicted octanol–water partition coefficient (Wildman–Crippen LogP) is 3.54. The number of hydrogen-bond acceptors (Lipinski definition) is 5. The fraction of sp³-hybridized carbons (Fsp3) is 0.300. The van der Waals surface area contributed by atoms with Gasteiger partial charge in [0.1, 0.15) is 5.69 Å². The maximum Gasteiger partial charge on any atom is 0.276 e. The molecule has 1 aliphatic heterocycles. The van der Waals surface area contributed by atoms with Gasteiger partial charge in [0, 0.05) is 37.6 Å². The van der Waals surface area contributed by atoms with E-state index in [1.807, 2.05) is 30.3 Å². The highest BCUT2D eigenvalue weighted by Crippen LogP contribution is 2.23. The summed E-state index contributed by atoms with van der Waals surface area (Å²) in [6.45, 7) is 1.96. The Morgan fingerprint density at radius 2 is 2.04 bits per heavy atom. The van der Waals surface area contributed by atoms with E-state index >= 15 is 0 Å². The van der Waals surface area contributed by atoms with Crippen LogP contribution in [0.25, 0.3) is 11.5 Å². The zero-order valence-electron chi connectivity index (χ0n) is 15.1. The normalized spacial score (nSPS) is 15.1. The second kappa shape index (κ2) is 7.67. The first-order valence-electron chi connectivity index (χ1n) is 9.01. The number of hydrogen-bond donors (Lipinski definition) is 2. The molecule has 3 aromatic rings. The van der Waals surface area contributed by atoms with Gasteiger partial charge in [-0.05, 0) is 49.2 Å². The molecule has 0 aliphatic carbocycles. The lowest BCUT2D eigenvalue weighted by molar-refractivity contribution is 0.0819. The molecule has 0 atom stereocenters. The van der Waals surface area contributed by atoms with Crippen LogP contribution in [0.3, 0.4) is 0 Å². The highest BCUT2D eigenvalue weighted by Gasteiger charge is 2.19. The van der Waals surface area contributed by atoms with Crippen LogP contribution < -0.4 is 10.2 Å². The summed E-state index contributed by atoms with van der Waals surface area (Å²) in [4.78, 5) is 14.7. The molecule has 140 valence electrons. The fourth-order valence-electron chi connectivity index (χ4n) is 3.30. The molecule has 0 bridgehead atoms. The molecule has 1 aromatic carbocycles. The summed E-state index contributed by atoms with van der Waals surface area (Å²) in [5.41, 5.74) is 2.87. The van der Waals surface area contributed by atoms with E-state index in [1.165, 1.54) is 0 Å². The first-order chi connectivity index (χ1) is 13.2. The van der Waals surface area contributed by atoms with E-state index in [9.17, 15) is 4.79 Å². The molecule has 27 heavy (non-hydrogen) atoms. The van der Waals surface area contributed by atoms with Gasteiger partial charge in [-0.3, -0.25) is 9.89 Å². The van der Waals surface area contributed by atoms with Gasteiger partial charge in [0.15, 0.2) is 11.5 Å². The van der Waals surface area contributed by atoms with Crippen LogP contribution >= 0.6 is 0 Å². The van der Waals surface area contributed by atoms with Crippen molar-refractivity contribution in [1.29, 1.82) is 0 Å². The van der Waals surface area contributed by atoms with Gasteiger partial charge in [-0.1, -0.05) is 0 Å². The molecule has 1 amide bonds. The van der Waals surface area contributed by atoms with Crippen LogP contribution in [0.2, 0.25) is 0 Å². The van der Waals surface area contributed by atoms with Crippen LogP contribution in [-0.2, 0) is 4.74 Å². The standard InChI is InChI=1S/C20H22N4O3/c1-26-16-8-10-24(11-9-16)15-6-4-14(5-7-15)21-20(25)18-13-17(22-23-18)19-3-2-12-27-19/h2-7,12-13,16H,8-11H2,1H3,(H,21,25)(H,22,23). The van der Waals surface area contributed by atoms with Gasteiger partial charge in [0.2, 0.25) is 0 Å². The Bertz CT molecular complexity index is 878. The quantitative estimate of drug-likeness (QED) is 0.722. The third kappa shape index (κ3) is 3.88. The van der Waals surface area contributed by atoms with Crippen LogP contribution in [0, 0.1) is 0 Å². The number of piperidine rings is 1. The van der Waals surface area contributed by atoms with Crippen molar-refractivity contribution in [3.63, 3.8) is 0 Å². The third-order valence-electron chi connectivity index (χ3n) is 4.86. The number of nitrogens with zero attached hydrogens (tertiary/aromatic N) is 2. The summed E-state index contributed by atoms with van der Waals surface area (Å²) in [7, 11) is 1.77. The van der Waals surface area contributed by atoms with Gasteiger partial charge in [-0.25, -0.2) is 0 Å². The number of H-pyrrole nitrogens is 1. The first kappa shape index (κ1) is 17.4. The number of benzene rings is 1. The molecular weight excluding hydrogens is 344 g/mol. The minimum absolute atomic E-state index is 0.266. The predicted molar refractivity (Wildman–Crippen MR) is 103 cm³/mol. The second-order valence-corrected chi connectivity index (χ2v) is 6.57. The average Bonchev–Trinajstić information content (AvgIpc) is 3.40. The minimum atomic E-state index is -0.266. The van der Waals surface area contributed by atoms with Crippen LogP contribution in [0.15, 0.2) is 53.1 Å². The fourth-order valence-corrected chi connectivity index (χ4v) is 3.30. The van der Waals surface area contributed by atoms with E-state index in [-0.39, 0.29) is 5.91 Å².